The standard InChI is InChI=1S/C25H25N3OS2/c1-16(2)30-21-11-9-20(10-12-21)24(29)28(15-19-6-5-13-26-14-19)25-27-22-17(3)7-8-18(4)23(22)31-25/h5-14,16H,15H2,1-4H3. The number of aromatic nitrogens is 2. The van der Waals surface area contributed by atoms with Crippen LogP contribution in [0.15, 0.2) is 65.8 Å². The Balaban J connectivity index is 1.73. The zero-order valence-electron chi connectivity index (χ0n) is 18.1. The molecule has 158 valence electrons. The van der Waals surface area contributed by atoms with E-state index in [-0.39, 0.29) is 5.91 Å². The van der Waals surface area contributed by atoms with E-state index < -0.39 is 0 Å². The Hall–Kier alpha value is -2.70. The number of hydrogen-bond acceptors (Lipinski definition) is 5. The summed E-state index contributed by atoms with van der Waals surface area (Å²) in [6.45, 7) is 8.89. The Bertz CT molecular complexity index is 1160. The molecule has 0 saturated carbocycles. The van der Waals surface area contributed by atoms with Gasteiger partial charge in [0, 0.05) is 28.1 Å². The second-order valence-electron chi connectivity index (χ2n) is 7.82. The van der Waals surface area contributed by atoms with Crippen molar-refractivity contribution < 1.29 is 4.79 Å². The van der Waals surface area contributed by atoms with Crippen molar-refractivity contribution in [3.8, 4) is 0 Å². The Morgan fingerprint density at radius 1 is 1.06 bits per heavy atom. The number of fused-ring (bicyclic) bond motifs is 1. The fourth-order valence-corrected chi connectivity index (χ4v) is 5.32. The molecule has 0 radical (unpaired) electrons. The van der Waals surface area contributed by atoms with Crippen LogP contribution in [0.3, 0.4) is 0 Å². The van der Waals surface area contributed by atoms with Crippen LogP contribution in [0.25, 0.3) is 10.2 Å². The van der Waals surface area contributed by atoms with Crippen LogP contribution in [0.5, 0.6) is 0 Å². The van der Waals surface area contributed by atoms with Crippen LogP contribution < -0.4 is 4.90 Å². The van der Waals surface area contributed by atoms with Crippen LogP contribution in [0.2, 0.25) is 0 Å². The Kier molecular flexibility index (Phi) is 6.39. The first-order chi connectivity index (χ1) is 14.9. The highest BCUT2D eigenvalue weighted by atomic mass is 32.2. The number of pyridine rings is 1. The molecule has 1 amide bonds. The van der Waals surface area contributed by atoms with Gasteiger partial charge < -0.3 is 0 Å². The molecule has 31 heavy (non-hydrogen) atoms. The molecule has 0 fully saturated rings. The first-order valence-corrected chi connectivity index (χ1v) is 12.0. The van der Waals surface area contributed by atoms with E-state index in [1.54, 1.807) is 40.4 Å². The number of thiazole rings is 1. The topological polar surface area (TPSA) is 46.1 Å². The third-order valence-corrected chi connectivity index (χ3v) is 7.17. The number of thioether (sulfide) groups is 1. The number of amides is 1. The Labute approximate surface area is 191 Å². The molecule has 0 aliphatic heterocycles. The highest BCUT2D eigenvalue weighted by molar-refractivity contribution is 7.99. The first kappa shape index (κ1) is 21.5. The molecular formula is C25H25N3OS2. The van der Waals surface area contributed by atoms with Gasteiger partial charge in [-0.1, -0.05) is 43.4 Å². The second-order valence-corrected chi connectivity index (χ2v) is 10.4. The molecule has 2 aromatic carbocycles. The largest absolute Gasteiger partial charge is 0.279 e. The number of aryl methyl sites for hydroxylation is 2. The normalized spacial score (nSPS) is 11.3. The number of carbonyl (C=O) groups is 1. The Morgan fingerprint density at radius 2 is 1.81 bits per heavy atom. The second kappa shape index (κ2) is 9.20. The maximum atomic E-state index is 13.6. The lowest BCUT2D eigenvalue weighted by Gasteiger charge is -2.20. The van der Waals surface area contributed by atoms with E-state index in [2.05, 4.69) is 44.8 Å². The smallest absolute Gasteiger partial charge is 0.260 e. The molecule has 0 N–H and O–H groups in total. The highest BCUT2D eigenvalue weighted by Crippen LogP contribution is 2.34. The summed E-state index contributed by atoms with van der Waals surface area (Å²) < 4.78 is 1.13. The fourth-order valence-electron chi connectivity index (χ4n) is 3.37. The summed E-state index contributed by atoms with van der Waals surface area (Å²) in [7, 11) is 0. The number of anilines is 1. The number of benzene rings is 2. The van der Waals surface area contributed by atoms with Crippen LogP contribution in [0, 0.1) is 13.8 Å². The molecule has 0 atom stereocenters. The lowest BCUT2D eigenvalue weighted by Crippen LogP contribution is -2.30. The maximum Gasteiger partial charge on any atom is 0.260 e. The quantitative estimate of drug-likeness (QED) is 0.310. The lowest BCUT2D eigenvalue weighted by atomic mass is 10.1. The maximum absolute atomic E-state index is 13.6. The van der Waals surface area contributed by atoms with Gasteiger partial charge in [-0.15, -0.1) is 11.8 Å². The van der Waals surface area contributed by atoms with Crippen molar-refractivity contribution in [1.82, 2.24) is 9.97 Å². The molecule has 6 heteroatoms. The zero-order chi connectivity index (χ0) is 22.0. The van der Waals surface area contributed by atoms with Gasteiger partial charge in [0.15, 0.2) is 5.13 Å². The van der Waals surface area contributed by atoms with Crippen molar-refractivity contribution in [2.24, 2.45) is 0 Å². The van der Waals surface area contributed by atoms with Crippen molar-refractivity contribution in [3.05, 3.63) is 83.2 Å². The minimum Gasteiger partial charge on any atom is -0.279 e. The van der Waals surface area contributed by atoms with Crippen LogP contribution in [-0.4, -0.2) is 21.1 Å². The molecule has 4 aromatic rings. The van der Waals surface area contributed by atoms with Gasteiger partial charge in [0.2, 0.25) is 0 Å². The molecule has 0 aliphatic rings. The van der Waals surface area contributed by atoms with Crippen molar-refractivity contribution in [1.29, 1.82) is 0 Å². The minimum atomic E-state index is -0.0562. The van der Waals surface area contributed by atoms with E-state index in [0.29, 0.717) is 22.5 Å². The average Bonchev–Trinajstić information content (AvgIpc) is 3.22. The average molecular weight is 448 g/mol. The first-order valence-electron chi connectivity index (χ1n) is 10.3. The van der Waals surface area contributed by atoms with Crippen molar-refractivity contribution in [2.75, 3.05) is 4.90 Å². The molecule has 4 nitrogen and oxygen atoms in total. The van der Waals surface area contributed by atoms with Crippen LogP contribution in [0.1, 0.15) is 40.9 Å². The molecule has 2 aromatic heterocycles. The molecule has 0 aliphatic carbocycles. The van der Waals surface area contributed by atoms with E-state index in [4.69, 9.17) is 4.98 Å². The summed E-state index contributed by atoms with van der Waals surface area (Å²) in [6.07, 6.45) is 3.54. The van der Waals surface area contributed by atoms with Gasteiger partial charge in [-0.3, -0.25) is 14.7 Å². The summed E-state index contributed by atoms with van der Waals surface area (Å²) >= 11 is 3.36. The predicted molar refractivity (Wildman–Crippen MR) is 131 cm³/mol. The van der Waals surface area contributed by atoms with E-state index in [1.807, 2.05) is 36.4 Å². The van der Waals surface area contributed by atoms with Gasteiger partial charge in [0.1, 0.15) is 0 Å². The van der Waals surface area contributed by atoms with Gasteiger partial charge in [-0.2, -0.15) is 0 Å². The molecule has 4 rings (SSSR count). The third-order valence-electron chi connectivity index (χ3n) is 4.94. The van der Waals surface area contributed by atoms with Gasteiger partial charge in [-0.25, -0.2) is 4.98 Å². The summed E-state index contributed by atoms with van der Waals surface area (Å²) in [6, 6.07) is 15.9. The number of carbonyl (C=O) groups excluding carboxylic acids is 1. The van der Waals surface area contributed by atoms with Crippen molar-refractivity contribution in [2.45, 2.75) is 44.4 Å². The summed E-state index contributed by atoms with van der Waals surface area (Å²) in [5, 5.41) is 1.21. The summed E-state index contributed by atoms with van der Waals surface area (Å²) in [5.74, 6) is -0.0562. The van der Waals surface area contributed by atoms with Crippen molar-refractivity contribution >= 4 is 44.4 Å². The number of hydrogen-bond donors (Lipinski definition) is 0. The molecule has 0 unspecified atom stereocenters. The molecule has 2 heterocycles. The van der Waals surface area contributed by atoms with Gasteiger partial charge in [0.25, 0.3) is 5.91 Å². The molecule has 0 saturated heterocycles. The number of rotatable bonds is 6. The van der Waals surface area contributed by atoms with Crippen LogP contribution in [-0.2, 0) is 6.54 Å². The van der Waals surface area contributed by atoms with Gasteiger partial charge >= 0.3 is 0 Å². The third kappa shape index (κ3) is 4.81. The summed E-state index contributed by atoms with van der Waals surface area (Å²) in [4.78, 5) is 25.6. The monoisotopic (exact) mass is 447 g/mol. The predicted octanol–water partition coefficient (Wildman–Crippen LogP) is 6.66. The van der Waals surface area contributed by atoms with E-state index in [1.165, 1.54) is 5.56 Å². The van der Waals surface area contributed by atoms with Gasteiger partial charge in [0.05, 0.1) is 16.8 Å². The number of nitrogens with zero attached hydrogens (tertiary/aromatic N) is 3. The van der Waals surface area contributed by atoms with E-state index >= 15 is 0 Å². The van der Waals surface area contributed by atoms with Crippen LogP contribution in [0.4, 0.5) is 5.13 Å². The molecular weight excluding hydrogens is 422 g/mol. The van der Waals surface area contributed by atoms with E-state index in [0.717, 1.165) is 26.2 Å². The van der Waals surface area contributed by atoms with Crippen LogP contribution >= 0.6 is 23.1 Å². The summed E-state index contributed by atoms with van der Waals surface area (Å²) in [5.41, 5.74) is 4.88. The minimum absolute atomic E-state index is 0.0562. The SMILES string of the molecule is Cc1ccc(C)c2sc(N(Cc3cccnc3)C(=O)c3ccc(SC(C)C)cc3)nc12. The van der Waals surface area contributed by atoms with E-state index in [9.17, 15) is 4.79 Å². The Morgan fingerprint density at radius 3 is 2.45 bits per heavy atom. The molecule has 0 spiro atoms. The highest BCUT2D eigenvalue weighted by Gasteiger charge is 2.23. The van der Waals surface area contributed by atoms with Gasteiger partial charge in [-0.05, 0) is 60.9 Å². The van der Waals surface area contributed by atoms with Crippen molar-refractivity contribution in [3.63, 3.8) is 0 Å². The fraction of sp³-hybridized carbons (Fsp3) is 0.240. The lowest BCUT2D eigenvalue weighted by molar-refractivity contribution is 0.0985. The zero-order valence-corrected chi connectivity index (χ0v) is 19.8. The molecule has 0 bridgehead atoms.